The first kappa shape index (κ1) is 20.6. The van der Waals surface area contributed by atoms with Crippen LogP contribution in [-0.2, 0) is 10.0 Å². The number of hydrogen-bond donors (Lipinski definition) is 1. The van der Waals surface area contributed by atoms with Crippen molar-refractivity contribution in [1.82, 2.24) is 4.72 Å². The van der Waals surface area contributed by atoms with Crippen LogP contribution in [0.25, 0.3) is 0 Å². The fraction of sp³-hybridized carbons (Fsp3) is 0.467. The van der Waals surface area contributed by atoms with Gasteiger partial charge in [-0.1, -0.05) is 29.8 Å². The molecule has 0 saturated carbocycles. The number of aryl methyl sites for hydroxylation is 1. The summed E-state index contributed by atoms with van der Waals surface area (Å²) in [5.41, 5.74) is 0.912. The summed E-state index contributed by atoms with van der Waals surface area (Å²) in [7, 11) is -3.66. The molecule has 0 atom stereocenters. The van der Waals surface area contributed by atoms with Gasteiger partial charge in [-0.2, -0.15) is 22.0 Å². The molecule has 0 spiro atoms. The molecule has 24 heavy (non-hydrogen) atoms. The van der Waals surface area contributed by atoms with E-state index in [1.165, 1.54) is 18.2 Å². The van der Waals surface area contributed by atoms with Crippen molar-refractivity contribution in [2.75, 3.05) is 6.54 Å². The minimum atomic E-state index is -5.57. The third kappa shape index (κ3) is 6.20. The zero-order chi connectivity index (χ0) is 18.4. The van der Waals surface area contributed by atoms with E-state index in [1.54, 1.807) is 12.1 Å². The predicted molar refractivity (Wildman–Crippen MR) is 80.4 cm³/mol. The van der Waals surface area contributed by atoms with E-state index in [2.05, 4.69) is 4.72 Å². The third-order valence-electron chi connectivity index (χ3n) is 3.13. The molecule has 0 unspecified atom stereocenters. The fourth-order valence-electron chi connectivity index (χ4n) is 1.69. The average Bonchev–Trinajstić information content (AvgIpc) is 2.45. The standard InChI is InChI=1S/C15H18F5NO2S/c1-12-6-8-13(9-7-12)24(22,23)21-11-5-3-2-4-10-14(16,17)15(18,19)20/h2,4,6-9,21H,3,5,10-11H2,1H3/b4-2+. The molecule has 0 saturated heterocycles. The Hall–Kier alpha value is -1.48. The molecule has 1 rings (SSSR count). The SMILES string of the molecule is Cc1ccc(S(=O)(=O)NCCC/C=C/CC(F)(F)C(F)(F)F)cc1. The van der Waals surface area contributed by atoms with E-state index in [9.17, 15) is 30.4 Å². The summed E-state index contributed by atoms with van der Waals surface area (Å²) in [6, 6.07) is 6.21. The number of benzene rings is 1. The van der Waals surface area contributed by atoms with Gasteiger partial charge in [0.05, 0.1) is 4.90 Å². The van der Waals surface area contributed by atoms with Crippen LogP contribution in [0.15, 0.2) is 41.3 Å². The van der Waals surface area contributed by atoms with Crippen LogP contribution in [0, 0.1) is 6.92 Å². The maximum Gasteiger partial charge on any atom is 0.453 e. The summed E-state index contributed by atoms with van der Waals surface area (Å²) < 4.78 is 87.2. The highest BCUT2D eigenvalue weighted by atomic mass is 32.2. The molecule has 0 radical (unpaired) electrons. The van der Waals surface area contributed by atoms with E-state index in [0.717, 1.165) is 11.6 Å². The van der Waals surface area contributed by atoms with Gasteiger partial charge in [-0.05, 0) is 31.9 Å². The highest BCUT2D eigenvalue weighted by Gasteiger charge is 2.56. The van der Waals surface area contributed by atoms with Crippen molar-refractivity contribution in [3.05, 3.63) is 42.0 Å². The summed E-state index contributed by atoms with van der Waals surface area (Å²) >= 11 is 0. The molecule has 3 nitrogen and oxygen atoms in total. The van der Waals surface area contributed by atoms with Crippen molar-refractivity contribution in [2.45, 2.75) is 43.2 Å². The first-order chi connectivity index (χ1) is 11.0. The van der Waals surface area contributed by atoms with Gasteiger partial charge in [-0.3, -0.25) is 0 Å². The molecular formula is C15H18F5NO2S. The quantitative estimate of drug-likeness (QED) is 0.423. The molecule has 0 aliphatic rings. The van der Waals surface area contributed by atoms with E-state index >= 15 is 0 Å². The number of hydrogen-bond acceptors (Lipinski definition) is 2. The van der Waals surface area contributed by atoms with Crippen LogP contribution in [0.3, 0.4) is 0 Å². The van der Waals surface area contributed by atoms with Gasteiger partial charge in [-0.15, -0.1) is 0 Å². The number of rotatable bonds is 8. The van der Waals surface area contributed by atoms with Crippen LogP contribution in [0.5, 0.6) is 0 Å². The lowest BCUT2D eigenvalue weighted by Crippen LogP contribution is -2.35. The summed E-state index contributed by atoms with van der Waals surface area (Å²) in [5, 5.41) is 0. The molecule has 9 heteroatoms. The molecule has 0 aliphatic heterocycles. The van der Waals surface area contributed by atoms with Crippen molar-refractivity contribution in [1.29, 1.82) is 0 Å². The highest BCUT2D eigenvalue weighted by Crippen LogP contribution is 2.38. The molecule has 0 amide bonds. The zero-order valence-electron chi connectivity index (χ0n) is 12.9. The lowest BCUT2D eigenvalue weighted by Gasteiger charge is -2.17. The van der Waals surface area contributed by atoms with Crippen LogP contribution in [0.4, 0.5) is 22.0 Å². The Kier molecular flexibility index (Phi) is 6.91. The summed E-state index contributed by atoms with van der Waals surface area (Å²) in [6.45, 7) is 1.87. The Bertz CT molecular complexity index is 651. The average molecular weight is 371 g/mol. The van der Waals surface area contributed by atoms with Crippen LogP contribution in [-0.4, -0.2) is 27.1 Å². The zero-order valence-corrected chi connectivity index (χ0v) is 13.7. The maximum absolute atomic E-state index is 12.6. The van der Waals surface area contributed by atoms with Crippen LogP contribution >= 0.6 is 0 Å². The largest absolute Gasteiger partial charge is 0.453 e. The minimum absolute atomic E-state index is 0.0518. The predicted octanol–water partition coefficient (Wildman–Crippen LogP) is 4.20. The van der Waals surface area contributed by atoms with Gasteiger partial charge < -0.3 is 0 Å². The van der Waals surface area contributed by atoms with E-state index in [0.29, 0.717) is 0 Å². The topological polar surface area (TPSA) is 46.2 Å². The smallest absolute Gasteiger partial charge is 0.211 e. The van der Waals surface area contributed by atoms with Gasteiger partial charge in [0, 0.05) is 13.0 Å². The molecule has 0 bridgehead atoms. The molecule has 1 aromatic carbocycles. The van der Waals surface area contributed by atoms with E-state index < -0.39 is 28.5 Å². The van der Waals surface area contributed by atoms with Crippen molar-refractivity contribution in [3.8, 4) is 0 Å². The van der Waals surface area contributed by atoms with Gasteiger partial charge in [0.1, 0.15) is 0 Å². The highest BCUT2D eigenvalue weighted by molar-refractivity contribution is 7.89. The summed E-state index contributed by atoms with van der Waals surface area (Å²) in [4.78, 5) is 0.105. The van der Waals surface area contributed by atoms with Gasteiger partial charge in [0.15, 0.2) is 0 Å². The van der Waals surface area contributed by atoms with Gasteiger partial charge in [0.2, 0.25) is 10.0 Å². The van der Waals surface area contributed by atoms with Crippen molar-refractivity contribution >= 4 is 10.0 Å². The minimum Gasteiger partial charge on any atom is -0.211 e. The van der Waals surface area contributed by atoms with E-state index in [1.807, 2.05) is 6.92 Å². The molecule has 1 N–H and O–H groups in total. The normalized spacial score (nSPS) is 13.6. The van der Waals surface area contributed by atoms with Crippen molar-refractivity contribution in [3.63, 3.8) is 0 Å². The molecule has 0 heterocycles. The van der Waals surface area contributed by atoms with Gasteiger partial charge in [-0.25, -0.2) is 13.1 Å². The first-order valence-electron chi connectivity index (χ1n) is 7.11. The Morgan fingerprint density at radius 2 is 1.62 bits per heavy atom. The lowest BCUT2D eigenvalue weighted by molar-refractivity contribution is -0.280. The van der Waals surface area contributed by atoms with Crippen LogP contribution < -0.4 is 4.72 Å². The molecule has 0 aromatic heterocycles. The Balaban J connectivity index is 2.36. The second kappa shape index (κ2) is 8.06. The number of allylic oxidation sites excluding steroid dienone is 2. The monoisotopic (exact) mass is 371 g/mol. The maximum atomic E-state index is 12.6. The van der Waals surface area contributed by atoms with Gasteiger partial charge >= 0.3 is 12.1 Å². The number of alkyl halides is 5. The number of unbranched alkanes of at least 4 members (excludes halogenated alkanes) is 1. The van der Waals surface area contributed by atoms with Crippen molar-refractivity contribution in [2.24, 2.45) is 0 Å². The number of sulfonamides is 1. The van der Waals surface area contributed by atoms with Crippen LogP contribution in [0.1, 0.15) is 24.8 Å². The fourth-order valence-corrected chi connectivity index (χ4v) is 2.77. The molecule has 0 aliphatic carbocycles. The second-order valence-corrected chi connectivity index (χ2v) is 7.00. The summed E-state index contributed by atoms with van der Waals surface area (Å²) in [5.74, 6) is -4.75. The molecule has 1 aromatic rings. The first-order valence-corrected chi connectivity index (χ1v) is 8.60. The third-order valence-corrected chi connectivity index (χ3v) is 4.60. The molecule has 136 valence electrons. The van der Waals surface area contributed by atoms with E-state index in [4.69, 9.17) is 0 Å². The number of nitrogens with one attached hydrogen (secondary N) is 1. The Morgan fingerprint density at radius 1 is 1.04 bits per heavy atom. The Morgan fingerprint density at radius 3 is 2.17 bits per heavy atom. The second-order valence-electron chi connectivity index (χ2n) is 5.23. The van der Waals surface area contributed by atoms with Crippen molar-refractivity contribution < 1.29 is 30.4 Å². The lowest BCUT2D eigenvalue weighted by atomic mass is 10.2. The summed E-state index contributed by atoms with van der Waals surface area (Å²) in [6.07, 6.45) is -4.60. The number of halogens is 5. The van der Waals surface area contributed by atoms with Gasteiger partial charge in [0.25, 0.3) is 0 Å². The van der Waals surface area contributed by atoms with E-state index in [-0.39, 0.29) is 24.3 Å². The molecule has 0 fully saturated rings. The van der Waals surface area contributed by atoms with Crippen LogP contribution in [0.2, 0.25) is 0 Å². The Labute approximate surface area is 137 Å². The molecular weight excluding hydrogens is 353 g/mol.